The van der Waals surface area contributed by atoms with Crippen molar-refractivity contribution >= 4 is 7.32 Å². The van der Waals surface area contributed by atoms with Crippen LogP contribution in [0.2, 0.25) is 0 Å². The summed E-state index contributed by atoms with van der Waals surface area (Å²) in [5.74, 6) is 0. The zero-order chi connectivity index (χ0) is 6.99. The Balaban J connectivity index is -0.0000000720. The van der Waals surface area contributed by atoms with Gasteiger partial charge in [-0.2, -0.15) is 0 Å². The molecular weight excluding hydrogens is 176 g/mol. The Kier molecular flexibility index (Phi) is 28.4. The third kappa shape index (κ3) is 178. The summed E-state index contributed by atoms with van der Waals surface area (Å²) < 4.78 is 0. The molecule has 0 aromatic carbocycles. The Morgan fingerprint density at radius 3 is 1.56 bits per heavy atom. The van der Waals surface area contributed by atoms with Crippen molar-refractivity contribution in [3.8, 4) is 0 Å². The maximum Gasteiger partial charge on any atom is 2.00 e. The molecule has 5 nitrogen and oxygen atoms in total. The average Bonchev–Trinajstić information content (AvgIpc) is 1.65. The molecule has 9 heavy (non-hydrogen) atoms. The third-order valence-electron chi connectivity index (χ3n) is 0.129. The second-order valence-corrected chi connectivity index (χ2v) is 0.819. The van der Waals surface area contributed by atoms with Crippen molar-refractivity contribution < 1.29 is 37.2 Å². The second-order valence-electron chi connectivity index (χ2n) is 0.819. The van der Waals surface area contributed by atoms with E-state index in [2.05, 4.69) is 0 Å². The van der Waals surface area contributed by atoms with Gasteiger partial charge in [0.05, 0.1) is 13.9 Å². The number of hydrogen-bond donors (Lipinski definition) is 3. The van der Waals surface area contributed by atoms with Crippen LogP contribution in [0.4, 0.5) is 0 Å². The molecule has 1 radical (unpaired) electrons. The fourth-order valence-electron chi connectivity index (χ4n) is 0. The summed E-state index contributed by atoms with van der Waals surface area (Å²) in [6, 6.07) is 0. The zero-order valence-electron chi connectivity index (χ0n) is 4.58. The molecule has 0 rings (SSSR count). The molecule has 4 N–H and O–H groups in total. The van der Waals surface area contributed by atoms with Crippen molar-refractivity contribution in [2.45, 2.75) is 0 Å². The summed E-state index contributed by atoms with van der Waals surface area (Å²) in [6.45, 7) is 0.472. The molecule has 0 aliphatic rings. The first-order valence-electron chi connectivity index (χ1n) is 1.95. The van der Waals surface area contributed by atoms with E-state index in [1.165, 1.54) is 0 Å². The van der Waals surface area contributed by atoms with E-state index in [1.54, 1.807) is 0 Å². The van der Waals surface area contributed by atoms with E-state index in [0.29, 0.717) is 6.54 Å². The van der Waals surface area contributed by atoms with Crippen molar-refractivity contribution in [1.29, 1.82) is 0 Å². The van der Waals surface area contributed by atoms with Crippen LogP contribution in [0.25, 0.3) is 0 Å². The number of aliphatic hydroxyl groups is 1. The summed E-state index contributed by atoms with van der Waals surface area (Å²) >= 11 is 0. The van der Waals surface area contributed by atoms with Gasteiger partial charge in [0.1, 0.15) is 0 Å². The molecule has 0 saturated carbocycles. The number of hydrogen-bond acceptors (Lipinski definition) is 5. The average molecular weight is 184 g/mol. The van der Waals surface area contributed by atoms with Gasteiger partial charge in [-0.3, -0.25) is 0 Å². The fraction of sp³-hybridized carbons (Fsp3) is 1.00. The molecule has 0 aliphatic carbocycles. The standard InChI is InChI=1S/C2H7NO.BHO3.Cu/c3-1-2-4;2-1(3)4;/h4H,1-3H2;2H;/q;-2;+2. The van der Waals surface area contributed by atoms with Crippen LogP contribution in [0.3, 0.4) is 0 Å². The van der Waals surface area contributed by atoms with Crippen LogP contribution < -0.4 is 15.8 Å². The van der Waals surface area contributed by atoms with Gasteiger partial charge in [0.2, 0.25) is 0 Å². The summed E-state index contributed by atoms with van der Waals surface area (Å²) in [4.78, 5) is 0. The maximum atomic E-state index is 8.53. The molecule has 0 unspecified atom stereocenters. The first-order chi connectivity index (χ1) is 3.65. The first-order valence-corrected chi connectivity index (χ1v) is 1.95. The summed E-state index contributed by atoms with van der Waals surface area (Å²) in [6.07, 6.45) is 0. The number of aliphatic hydroxyl groups excluding tert-OH is 1. The van der Waals surface area contributed by atoms with Gasteiger partial charge in [-0.05, 0) is 0 Å². The van der Waals surface area contributed by atoms with E-state index in [1.807, 2.05) is 0 Å². The largest absolute Gasteiger partial charge is 2.00 e. The predicted molar refractivity (Wildman–Crippen MR) is 24.1 cm³/mol. The van der Waals surface area contributed by atoms with Crippen molar-refractivity contribution in [1.82, 2.24) is 0 Å². The molecule has 0 aliphatic heterocycles. The summed E-state index contributed by atoms with van der Waals surface area (Å²) in [5, 5.41) is 31.8. The van der Waals surface area contributed by atoms with Gasteiger partial charge in [-0.15, -0.1) is 0 Å². The van der Waals surface area contributed by atoms with Crippen LogP contribution in [0.1, 0.15) is 0 Å². The minimum absolute atomic E-state index is 0. The molecule has 0 atom stereocenters. The van der Waals surface area contributed by atoms with E-state index in [4.69, 9.17) is 25.9 Å². The van der Waals surface area contributed by atoms with Gasteiger partial charge in [0, 0.05) is 6.54 Å². The molecule has 0 aromatic heterocycles. The van der Waals surface area contributed by atoms with Gasteiger partial charge in [0.15, 0.2) is 0 Å². The topological polar surface area (TPSA) is 113 Å². The van der Waals surface area contributed by atoms with Gasteiger partial charge < -0.3 is 25.9 Å². The molecule has 0 bridgehead atoms. The van der Waals surface area contributed by atoms with E-state index < -0.39 is 7.32 Å². The smallest absolute Gasteiger partial charge is 0.871 e. The van der Waals surface area contributed by atoms with Crippen LogP contribution in [0.5, 0.6) is 0 Å². The molecule has 0 aromatic rings. The van der Waals surface area contributed by atoms with Crippen molar-refractivity contribution in [2.24, 2.45) is 5.73 Å². The Morgan fingerprint density at radius 2 is 1.56 bits per heavy atom. The van der Waals surface area contributed by atoms with Crippen LogP contribution in [0.15, 0.2) is 0 Å². The minimum Gasteiger partial charge on any atom is -0.871 e. The van der Waals surface area contributed by atoms with Gasteiger partial charge in [0.25, 0.3) is 0 Å². The molecule has 0 spiro atoms. The normalized spacial score (nSPS) is 6.33. The third-order valence-corrected chi connectivity index (χ3v) is 0.129. The summed E-state index contributed by atoms with van der Waals surface area (Å²) in [5.41, 5.74) is 4.78. The van der Waals surface area contributed by atoms with Gasteiger partial charge in [-0.1, -0.05) is 0 Å². The van der Waals surface area contributed by atoms with Crippen molar-refractivity contribution in [3.63, 3.8) is 0 Å². The first kappa shape index (κ1) is 16.2. The SMILES string of the molecule is NCCO.[Cu+2].[O-]B([O-])O. The Labute approximate surface area is 64.1 Å². The van der Waals surface area contributed by atoms with Crippen molar-refractivity contribution in [2.75, 3.05) is 13.2 Å². The fourth-order valence-corrected chi connectivity index (χ4v) is 0. The summed E-state index contributed by atoms with van der Waals surface area (Å²) in [7, 11) is -2.67. The zero-order valence-corrected chi connectivity index (χ0v) is 5.52. The van der Waals surface area contributed by atoms with E-state index in [9.17, 15) is 0 Å². The van der Waals surface area contributed by atoms with E-state index >= 15 is 0 Å². The van der Waals surface area contributed by atoms with Crippen LogP contribution in [-0.4, -0.2) is 30.6 Å². The Morgan fingerprint density at radius 1 is 1.44 bits per heavy atom. The predicted octanol–water partition coefficient (Wildman–Crippen LogP) is -4.38. The van der Waals surface area contributed by atoms with Gasteiger partial charge in [-0.25, -0.2) is 0 Å². The maximum absolute atomic E-state index is 8.53. The molecule has 0 amide bonds. The number of rotatable bonds is 1. The molecular formula is C2H8BCuNO4. The molecule has 0 heterocycles. The molecule has 0 saturated heterocycles. The van der Waals surface area contributed by atoms with E-state index in [-0.39, 0.29) is 23.7 Å². The van der Waals surface area contributed by atoms with Crippen molar-refractivity contribution in [3.05, 3.63) is 0 Å². The second kappa shape index (κ2) is 15.8. The molecule has 7 heteroatoms. The van der Waals surface area contributed by atoms with E-state index in [0.717, 1.165) is 0 Å². The Bertz CT molecular complexity index is 35.0. The quantitative estimate of drug-likeness (QED) is 0.356. The van der Waals surface area contributed by atoms with Gasteiger partial charge >= 0.3 is 17.1 Å². The number of nitrogens with two attached hydrogens (primary N) is 1. The Hall–Kier alpha value is 0.384. The van der Waals surface area contributed by atoms with Crippen LogP contribution in [-0.2, 0) is 17.1 Å². The molecule has 59 valence electrons. The minimum atomic E-state index is -2.67. The monoisotopic (exact) mass is 184 g/mol. The van der Waals surface area contributed by atoms with Crippen LogP contribution in [0, 0.1) is 0 Å². The molecule has 0 fully saturated rings. The van der Waals surface area contributed by atoms with Crippen LogP contribution >= 0.6 is 0 Å².